The summed E-state index contributed by atoms with van der Waals surface area (Å²) >= 11 is 0. The molecule has 0 aromatic heterocycles. The first kappa shape index (κ1) is 16.3. The molecule has 2 unspecified atom stereocenters. The Hall–Kier alpha value is -1.75. The molecular weight excluding hydrogens is 258 g/mol. The van der Waals surface area contributed by atoms with Crippen molar-refractivity contribution in [1.29, 1.82) is 0 Å². The average Bonchev–Trinajstić information content (AvgIpc) is 2.50. The highest BCUT2D eigenvalue weighted by Gasteiger charge is 2.20. The van der Waals surface area contributed by atoms with Gasteiger partial charge in [0.1, 0.15) is 6.04 Å². The van der Waals surface area contributed by atoms with Crippen LogP contribution in [0, 0.1) is 0 Å². The molecule has 0 aliphatic rings. The van der Waals surface area contributed by atoms with E-state index in [-0.39, 0.29) is 18.1 Å². The predicted molar refractivity (Wildman–Crippen MR) is 77.2 cm³/mol. The normalized spacial score (nSPS) is 13.4. The van der Waals surface area contributed by atoms with Crippen molar-refractivity contribution in [2.24, 2.45) is 0 Å². The first-order chi connectivity index (χ1) is 9.57. The standard InChI is InChI=1S/C15H23NO4/c1-6-12(15(17)20-5)16-10(2)11-7-8-13(18-3)14(9-11)19-4/h7-10,12,16H,6H2,1-5H3. The largest absolute Gasteiger partial charge is 0.493 e. The van der Waals surface area contributed by atoms with Gasteiger partial charge in [-0.3, -0.25) is 10.1 Å². The Morgan fingerprint density at radius 3 is 2.35 bits per heavy atom. The van der Waals surface area contributed by atoms with Crippen molar-refractivity contribution in [1.82, 2.24) is 5.32 Å². The number of esters is 1. The Bertz CT molecular complexity index is 447. The molecule has 0 heterocycles. The first-order valence-electron chi connectivity index (χ1n) is 6.63. The van der Waals surface area contributed by atoms with Crippen molar-refractivity contribution in [3.05, 3.63) is 23.8 Å². The number of ether oxygens (including phenoxy) is 3. The number of carbonyl (C=O) groups is 1. The summed E-state index contributed by atoms with van der Waals surface area (Å²) in [5, 5.41) is 3.25. The smallest absolute Gasteiger partial charge is 0.322 e. The van der Waals surface area contributed by atoms with Crippen molar-refractivity contribution < 1.29 is 19.0 Å². The lowest BCUT2D eigenvalue weighted by Crippen LogP contribution is -2.38. The number of benzene rings is 1. The predicted octanol–water partition coefficient (Wildman–Crippen LogP) is 2.31. The van der Waals surface area contributed by atoms with Crippen molar-refractivity contribution >= 4 is 5.97 Å². The lowest BCUT2D eigenvalue weighted by molar-refractivity contribution is -0.143. The van der Waals surface area contributed by atoms with Gasteiger partial charge in [0.25, 0.3) is 0 Å². The number of rotatable bonds is 7. The van der Waals surface area contributed by atoms with Gasteiger partial charge in [-0.2, -0.15) is 0 Å². The molecule has 0 aliphatic carbocycles. The molecule has 0 saturated carbocycles. The molecule has 2 atom stereocenters. The fraction of sp³-hybridized carbons (Fsp3) is 0.533. The maximum atomic E-state index is 11.6. The van der Waals surface area contributed by atoms with Gasteiger partial charge in [-0.15, -0.1) is 0 Å². The molecule has 112 valence electrons. The third-order valence-electron chi connectivity index (χ3n) is 3.25. The Morgan fingerprint density at radius 1 is 1.20 bits per heavy atom. The summed E-state index contributed by atoms with van der Waals surface area (Å²) in [5.41, 5.74) is 1.02. The quantitative estimate of drug-likeness (QED) is 0.777. The van der Waals surface area contributed by atoms with E-state index in [1.165, 1.54) is 7.11 Å². The summed E-state index contributed by atoms with van der Waals surface area (Å²) in [5.74, 6) is 1.10. The summed E-state index contributed by atoms with van der Waals surface area (Å²) < 4.78 is 15.3. The van der Waals surface area contributed by atoms with Gasteiger partial charge in [0.15, 0.2) is 11.5 Å². The van der Waals surface area contributed by atoms with E-state index in [4.69, 9.17) is 14.2 Å². The number of carbonyl (C=O) groups excluding carboxylic acids is 1. The Kier molecular flexibility index (Phi) is 6.31. The van der Waals surface area contributed by atoms with Gasteiger partial charge in [-0.05, 0) is 31.0 Å². The lowest BCUT2D eigenvalue weighted by Gasteiger charge is -2.21. The zero-order valence-corrected chi connectivity index (χ0v) is 12.7. The third-order valence-corrected chi connectivity index (χ3v) is 3.25. The van der Waals surface area contributed by atoms with Crippen LogP contribution in [-0.4, -0.2) is 33.3 Å². The minimum Gasteiger partial charge on any atom is -0.493 e. The van der Waals surface area contributed by atoms with Crippen LogP contribution >= 0.6 is 0 Å². The molecule has 0 amide bonds. The van der Waals surface area contributed by atoms with Crippen molar-refractivity contribution in [3.63, 3.8) is 0 Å². The lowest BCUT2D eigenvalue weighted by atomic mass is 10.1. The van der Waals surface area contributed by atoms with E-state index in [2.05, 4.69) is 5.32 Å². The molecule has 1 N–H and O–H groups in total. The van der Waals surface area contributed by atoms with Crippen LogP contribution in [0.25, 0.3) is 0 Å². The molecule has 0 fully saturated rings. The van der Waals surface area contributed by atoms with Gasteiger partial charge >= 0.3 is 5.97 Å². The van der Waals surface area contributed by atoms with Crippen molar-refractivity contribution in [2.45, 2.75) is 32.4 Å². The van der Waals surface area contributed by atoms with Crippen molar-refractivity contribution in [2.75, 3.05) is 21.3 Å². The molecule has 0 radical (unpaired) electrons. The van der Waals surface area contributed by atoms with Crippen LogP contribution in [-0.2, 0) is 9.53 Å². The Labute approximate surface area is 120 Å². The van der Waals surface area contributed by atoms with Crippen LogP contribution in [0.1, 0.15) is 31.9 Å². The highest BCUT2D eigenvalue weighted by molar-refractivity contribution is 5.75. The summed E-state index contributed by atoms with van der Waals surface area (Å²) in [6.07, 6.45) is 0.671. The monoisotopic (exact) mass is 281 g/mol. The number of methoxy groups -OCH3 is 3. The van der Waals surface area contributed by atoms with Gasteiger partial charge < -0.3 is 14.2 Å². The second-order valence-corrected chi connectivity index (χ2v) is 4.49. The summed E-state index contributed by atoms with van der Waals surface area (Å²) in [6.45, 7) is 3.93. The summed E-state index contributed by atoms with van der Waals surface area (Å²) in [7, 11) is 4.60. The Balaban J connectivity index is 2.86. The van der Waals surface area contributed by atoms with E-state index in [0.29, 0.717) is 17.9 Å². The van der Waals surface area contributed by atoms with E-state index < -0.39 is 0 Å². The minimum atomic E-state index is -0.317. The molecule has 0 aliphatic heterocycles. The summed E-state index contributed by atoms with van der Waals surface area (Å²) in [4.78, 5) is 11.6. The Morgan fingerprint density at radius 2 is 1.85 bits per heavy atom. The minimum absolute atomic E-state index is 0.00106. The SMILES string of the molecule is CCC(NC(C)c1ccc(OC)c(OC)c1)C(=O)OC. The van der Waals surface area contributed by atoms with Crippen LogP contribution in [0.5, 0.6) is 11.5 Å². The number of nitrogens with one attached hydrogen (secondary N) is 1. The molecule has 5 nitrogen and oxygen atoms in total. The van der Waals surface area contributed by atoms with E-state index in [0.717, 1.165) is 5.56 Å². The second kappa shape index (κ2) is 7.75. The molecule has 0 spiro atoms. The molecule has 1 aromatic carbocycles. The molecule has 0 bridgehead atoms. The number of hydrogen-bond donors (Lipinski definition) is 1. The average molecular weight is 281 g/mol. The molecular formula is C15H23NO4. The fourth-order valence-corrected chi connectivity index (χ4v) is 2.01. The van der Waals surface area contributed by atoms with Crippen LogP contribution < -0.4 is 14.8 Å². The topological polar surface area (TPSA) is 56.8 Å². The van der Waals surface area contributed by atoms with Crippen molar-refractivity contribution in [3.8, 4) is 11.5 Å². The zero-order valence-electron chi connectivity index (χ0n) is 12.7. The van der Waals surface area contributed by atoms with Crippen LogP contribution in [0.4, 0.5) is 0 Å². The highest BCUT2D eigenvalue weighted by atomic mass is 16.5. The van der Waals surface area contributed by atoms with E-state index in [1.54, 1.807) is 14.2 Å². The first-order valence-corrected chi connectivity index (χ1v) is 6.63. The second-order valence-electron chi connectivity index (χ2n) is 4.49. The highest BCUT2D eigenvalue weighted by Crippen LogP contribution is 2.30. The van der Waals surface area contributed by atoms with E-state index in [1.807, 2.05) is 32.0 Å². The molecule has 20 heavy (non-hydrogen) atoms. The molecule has 5 heteroatoms. The maximum Gasteiger partial charge on any atom is 0.322 e. The van der Waals surface area contributed by atoms with Gasteiger partial charge in [0.05, 0.1) is 21.3 Å². The fourth-order valence-electron chi connectivity index (χ4n) is 2.01. The number of hydrogen-bond acceptors (Lipinski definition) is 5. The van der Waals surface area contributed by atoms with E-state index in [9.17, 15) is 4.79 Å². The van der Waals surface area contributed by atoms with Crippen LogP contribution in [0.3, 0.4) is 0 Å². The van der Waals surface area contributed by atoms with Gasteiger partial charge in [-0.25, -0.2) is 0 Å². The third kappa shape index (κ3) is 3.87. The zero-order chi connectivity index (χ0) is 15.1. The van der Waals surface area contributed by atoms with Gasteiger partial charge in [-0.1, -0.05) is 13.0 Å². The molecule has 1 aromatic rings. The van der Waals surface area contributed by atoms with Crippen LogP contribution in [0.2, 0.25) is 0 Å². The summed E-state index contributed by atoms with van der Waals surface area (Å²) in [6, 6.07) is 5.39. The van der Waals surface area contributed by atoms with Crippen LogP contribution in [0.15, 0.2) is 18.2 Å². The van der Waals surface area contributed by atoms with Gasteiger partial charge in [0, 0.05) is 6.04 Å². The molecule has 0 saturated heterocycles. The maximum absolute atomic E-state index is 11.6. The van der Waals surface area contributed by atoms with E-state index >= 15 is 0 Å². The van der Waals surface area contributed by atoms with Gasteiger partial charge in [0.2, 0.25) is 0 Å². The molecule has 1 rings (SSSR count).